The fourth-order valence-corrected chi connectivity index (χ4v) is 7.93. The highest BCUT2D eigenvalue weighted by Gasteiger charge is 2.57. The molecule has 1 aliphatic carbocycles. The molecule has 0 radical (unpaired) electrons. The summed E-state index contributed by atoms with van der Waals surface area (Å²) >= 11 is 0. The Hall–Kier alpha value is -4.72. The average molecular weight is 788 g/mol. The van der Waals surface area contributed by atoms with E-state index in [2.05, 4.69) is 0 Å². The highest BCUT2D eigenvalue weighted by atomic mass is 16.8. The quantitative estimate of drug-likeness (QED) is 0.219. The third-order valence-electron chi connectivity index (χ3n) is 10.4. The maximum atomic E-state index is 13.8. The standard InChI is InChI=1S/C38H45NO17/c1-17-48-15-26-35(52-17)32(44)36(54-28(42)8-6-7-27(40)41)38(53-26)56-33-20-12-23-22(50-16-51-23)11-19(20)30(31-21(33)14-49-37(31)45)18-9-24(46-4)34(25(10-18)47-5)55-29(43)13-39(2)3/h9-12,17,21,26,30-33,35-36,38,44H,6-8,13-16H2,1-5H3,(H,40,41)/t17?,21-,26?,30+,31-,32?,33+,35?,36?,38?/m0/s1. The zero-order valence-electron chi connectivity index (χ0n) is 31.5. The second kappa shape index (κ2) is 16.4. The summed E-state index contributed by atoms with van der Waals surface area (Å²) in [4.78, 5) is 52.3. The molecule has 18 nitrogen and oxygen atoms in total. The van der Waals surface area contributed by atoms with Crippen molar-refractivity contribution < 1.29 is 81.5 Å². The lowest BCUT2D eigenvalue weighted by Crippen LogP contribution is -2.64. The van der Waals surface area contributed by atoms with Gasteiger partial charge in [0.2, 0.25) is 12.5 Å². The van der Waals surface area contributed by atoms with E-state index in [0.717, 1.165) is 0 Å². The fourth-order valence-electron chi connectivity index (χ4n) is 7.93. The minimum absolute atomic E-state index is 0.00130. The molecule has 4 heterocycles. The van der Waals surface area contributed by atoms with Crippen LogP contribution in [0.5, 0.6) is 28.7 Å². The van der Waals surface area contributed by atoms with E-state index in [1.165, 1.54) is 14.2 Å². The molecule has 7 rings (SSSR count). The summed E-state index contributed by atoms with van der Waals surface area (Å²) in [6.45, 7) is 1.60. The minimum Gasteiger partial charge on any atom is -0.493 e. The molecule has 4 aliphatic heterocycles. The zero-order chi connectivity index (χ0) is 39.8. The minimum atomic E-state index is -1.43. The summed E-state index contributed by atoms with van der Waals surface area (Å²) < 4.78 is 64.7. The molecule has 0 aromatic heterocycles. The van der Waals surface area contributed by atoms with Crippen LogP contribution in [0.4, 0.5) is 0 Å². The molecule has 56 heavy (non-hydrogen) atoms. The van der Waals surface area contributed by atoms with Gasteiger partial charge in [-0.25, -0.2) is 0 Å². The van der Waals surface area contributed by atoms with Crippen LogP contribution in [0.15, 0.2) is 24.3 Å². The lowest BCUT2D eigenvalue weighted by molar-refractivity contribution is -0.365. The molecule has 18 heteroatoms. The number of aliphatic hydroxyl groups is 1. The van der Waals surface area contributed by atoms with Crippen molar-refractivity contribution in [2.24, 2.45) is 11.8 Å². The number of aliphatic hydroxyl groups excluding tert-OH is 1. The first-order chi connectivity index (χ1) is 26.9. The smallest absolute Gasteiger partial charge is 0.325 e. The van der Waals surface area contributed by atoms with Crippen LogP contribution in [0.2, 0.25) is 0 Å². The van der Waals surface area contributed by atoms with E-state index in [4.69, 9.17) is 57.2 Å². The van der Waals surface area contributed by atoms with Gasteiger partial charge in [0.1, 0.15) is 18.3 Å². The monoisotopic (exact) mass is 787 g/mol. The molecule has 304 valence electrons. The summed E-state index contributed by atoms with van der Waals surface area (Å²) in [6, 6.07) is 6.87. The zero-order valence-corrected chi connectivity index (χ0v) is 31.5. The molecule has 2 N–H and O–H groups in total. The van der Waals surface area contributed by atoms with Gasteiger partial charge in [0.25, 0.3) is 0 Å². The number of hydrogen-bond donors (Lipinski definition) is 2. The van der Waals surface area contributed by atoms with Crippen LogP contribution in [-0.4, -0.2) is 131 Å². The lowest BCUT2D eigenvalue weighted by atomic mass is 9.66. The van der Waals surface area contributed by atoms with Crippen LogP contribution in [0, 0.1) is 11.8 Å². The van der Waals surface area contributed by atoms with Crippen molar-refractivity contribution in [3.8, 4) is 28.7 Å². The van der Waals surface area contributed by atoms with Gasteiger partial charge in [0, 0.05) is 24.7 Å². The summed E-state index contributed by atoms with van der Waals surface area (Å²) in [5, 5.41) is 20.7. The molecule has 5 aliphatic rings. The Morgan fingerprint density at radius 1 is 0.911 bits per heavy atom. The van der Waals surface area contributed by atoms with Crippen LogP contribution in [0.25, 0.3) is 0 Å². The number of likely N-dealkylation sites (N-methyl/N-ethyl adjacent to an activating group) is 1. The number of rotatable bonds is 13. The Morgan fingerprint density at radius 3 is 2.27 bits per heavy atom. The molecule has 2 aromatic carbocycles. The molecule has 3 saturated heterocycles. The van der Waals surface area contributed by atoms with Gasteiger partial charge in [-0.05, 0) is 68.4 Å². The second-order valence-corrected chi connectivity index (χ2v) is 14.4. The Bertz CT molecular complexity index is 1810. The van der Waals surface area contributed by atoms with Crippen molar-refractivity contribution in [1.82, 2.24) is 4.90 Å². The van der Waals surface area contributed by atoms with Gasteiger partial charge in [0.05, 0.1) is 46.0 Å². The number of hydrogen-bond acceptors (Lipinski definition) is 17. The number of methoxy groups -OCH3 is 2. The maximum absolute atomic E-state index is 13.8. The molecule has 0 bridgehead atoms. The lowest BCUT2D eigenvalue weighted by Gasteiger charge is -2.48. The predicted molar refractivity (Wildman–Crippen MR) is 186 cm³/mol. The largest absolute Gasteiger partial charge is 0.493 e. The molecule has 6 unspecified atom stereocenters. The van der Waals surface area contributed by atoms with E-state index in [0.29, 0.717) is 28.2 Å². The third kappa shape index (κ3) is 7.81. The van der Waals surface area contributed by atoms with Crippen molar-refractivity contribution in [1.29, 1.82) is 0 Å². The molecule has 0 spiro atoms. The van der Waals surface area contributed by atoms with Crippen LogP contribution in [0.3, 0.4) is 0 Å². The number of carbonyl (C=O) groups is 4. The number of carboxylic acids is 1. The number of benzene rings is 2. The number of ether oxygens (including phenoxy) is 11. The first-order valence-corrected chi connectivity index (χ1v) is 18.3. The van der Waals surface area contributed by atoms with E-state index in [1.54, 1.807) is 50.2 Å². The number of nitrogens with zero attached hydrogens (tertiary/aromatic N) is 1. The number of cyclic esters (lactones) is 1. The summed E-state index contributed by atoms with van der Waals surface area (Å²) in [5.74, 6) is -3.79. The van der Waals surface area contributed by atoms with Gasteiger partial charge >= 0.3 is 23.9 Å². The van der Waals surface area contributed by atoms with E-state index < -0.39 is 84.7 Å². The highest BCUT2D eigenvalue weighted by molar-refractivity contribution is 5.80. The van der Waals surface area contributed by atoms with Crippen LogP contribution >= 0.6 is 0 Å². The Labute approximate surface area is 321 Å². The van der Waals surface area contributed by atoms with Crippen molar-refractivity contribution in [2.45, 2.75) is 75.2 Å². The van der Waals surface area contributed by atoms with Gasteiger partial charge in [-0.1, -0.05) is 0 Å². The Morgan fingerprint density at radius 2 is 1.61 bits per heavy atom. The number of carbonyl (C=O) groups excluding carboxylic acids is 3. The van der Waals surface area contributed by atoms with Gasteiger partial charge in [0.15, 0.2) is 41.7 Å². The third-order valence-corrected chi connectivity index (χ3v) is 10.4. The number of esters is 3. The Balaban J connectivity index is 1.28. The fraction of sp³-hybridized carbons (Fsp3) is 0.579. The van der Waals surface area contributed by atoms with Crippen LogP contribution in [0.1, 0.15) is 54.9 Å². The maximum Gasteiger partial charge on any atom is 0.325 e. The summed E-state index contributed by atoms with van der Waals surface area (Å²) in [6.07, 6.45) is -8.10. The topological polar surface area (TPSA) is 214 Å². The second-order valence-electron chi connectivity index (χ2n) is 14.4. The van der Waals surface area contributed by atoms with Crippen LogP contribution < -0.4 is 23.7 Å². The molecule has 10 atom stereocenters. The van der Waals surface area contributed by atoms with Gasteiger partial charge in [-0.3, -0.25) is 24.1 Å². The molecule has 0 saturated carbocycles. The number of aliphatic carboxylic acids is 1. The molecular weight excluding hydrogens is 742 g/mol. The van der Waals surface area contributed by atoms with Crippen molar-refractivity contribution >= 4 is 23.9 Å². The van der Waals surface area contributed by atoms with Crippen molar-refractivity contribution in [3.63, 3.8) is 0 Å². The first kappa shape index (κ1) is 39.5. The summed E-state index contributed by atoms with van der Waals surface area (Å²) in [7, 11) is 6.31. The van der Waals surface area contributed by atoms with Gasteiger partial charge in [-0.15, -0.1) is 0 Å². The number of fused-ring (bicyclic) bond motifs is 4. The predicted octanol–water partition coefficient (Wildman–Crippen LogP) is 1.91. The molecule has 3 fully saturated rings. The van der Waals surface area contributed by atoms with E-state index >= 15 is 0 Å². The molecule has 0 amide bonds. The van der Waals surface area contributed by atoms with Crippen LogP contribution in [-0.2, 0) is 47.6 Å². The van der Waals surface area contributed by atoms with Crippen molar-refractivity contribution in [3.05, 3.63) is 41.0 Å². The molecular formula is C38H45NO17. The van der Waals surface area contributed by atoms with E-state index in [9.17, 15) is 24.3 Å². The van der Waals surface area contributed by atoms with E-state index in [-0.39, 0.29) is 63.1 Å². The Kier molecular flexibility index (Phi) is 11.6. The average Bonchev–Trinajstić information content (AvgIpc) is 3.78. The van der Waals surface area contributed by atoms with Gasteiger partial charge < -0.3 is 62.3 Å². The van der Waals surface area contributed by atoms with Crippen molar-refractivity contribution in [2.75, 3.05) is 54.9 Å². The number of carboxylic acid groups (broad SMARTS) is 1. The van der Waals surface area contributed by atoms with Gasteiger partial charge in [-0.2, -0.15) is 0 Å². The molecule has 2 aromatic rings. The summed E-state index contributed by atoms with van der Waals surface area (Å²) in [5.41, 5.74) is 1.76. The highest BCUT2D eigenvalue weighted by Crippen LogP contribution is 2.57. The van der Waals surface area contributed by atoms with E-state index in [1.807, 2.05) is 0 Å². The first-order valence-electron chi connectivity index (χ1n) is 18.3. The normalized spacial score (nSPS) is 30.1. The SMILES string of the molecule is COc1cc([C@@H]2c3cc4c(cc3[C@@H](OC3OC5COC(C)OC5C(O)C3OC(=O)CCCC(=O)O)[C@H]3COC(=O)[C@H]23)OCO4)cc(OC)c1OC(=O)CN(C)C.